The third kappa shape index (κ3) is 7.00. The molecule has 3 aromatic rings. The molecule has 1 aliphatic rings. The summed E-state index contributed by atoms with van der Waals surface area (Å²) in [7, 11) is -3.45. The lowest BCUT2D eigenvalue weighted by Gasteiger charge is -2.17. The van der Waals surface area contributed by atoms with Crippen molar-refractivity contribution in [3.63, 3.8) is 0 Å². The molecule has 2 heterocycles. The zero-order chi connectivity index (χ0) is 24.8. The summed E-state index contributed by atoms with van der Waals surface area (Å²) in [5.41, 5.74) is 2.31. The van der Waals surface area contributed by atoms with Gasteiger partial charge in [0, 0.05) is 35.1 Å². The molecule has 1 aromatic heterocycles. The van der Waals surface area contributed by atoms with Crippen molar-refractivity contribution in [3.8, 4) is 5.75 Å². The van der Waals surface area contributed by atoms with Crippen LogP contribution in [0, 0.1) is 5.92 Å². The number of amides is 1. The van der Waals surface area contributed by atoms with Crippen LogP contribution < -0.4 is 9.46 Å². The number of hydrogen-bond acceptors (Lipinski definition) is 6. The van der Waals surface area contributed by atoms with Gasteiger partial charge in [0.25, 0.3) is 5.91 Å². The minimum Gasteiger partial charge on any atom is -0.487 e. The number of halogens is 1. The summed E-state index contributed by atoms with van der Waals surface area (Å²) in [6.45, 7) is 5.55. The number of sulfonamides is 1. The molecule has 4 rings (SSSR count). The average Bonchev–Trinajstić information content (AvgIpc) is 3.52. The Morgan fingerprint density at radius 2 is 1.94 bits per heavy atom. The Kier molecular flexibility index (Phi) is 7.99. The normalized spacial score (nSPS) is 15.8. The first kappa shape index (κ1) is 25.1. The Morgan fingerprint density at radius 1 is 1.20 bits per heavy atom. The Bertz CT molecular complexity index is 1280. The van der Waals surface area contributed by atoms with Gasteiger partial charge in [-0.3, -0.25) is 4.79 Å². The van der Waals surface area contributed by atoms with E-state index >= 15 is 0 Å². The topological polar surface area (TPSA) is 106 Å². The highest BCUT2D eigenvalue weighted by molar-refractivity contribution is 9.10. The fourth-order valence-corrected chi connectivity index (χ4v) is 4.62. The molecule has 1 saturated heterocycles. The van der Waals surface area contributed by atoms with Crippen LogP contribution in [0.25, 0.3) is 0 Å². The number of nitrogens with zero attached hydrogens (tertiary/aromatic N) is 4. The number of aromatic nitrogens is 3. The van der Waals surface area contributed by atoms with Crippen molar-refractivity contribution in [2.45, 2.75) is 19.6 Å². The highest BCUT2D eigenvalue weighted by Gasteiger charge is 2.27. The van der Waals surface area contributed by atoms with Gasteiger partial charge in [-0.1, -0.05) is 39.9 Å². The van der Waals surface area contributed by atoms with E-state index in [1.54, 1.807) is 21.7 Å². The molecule has 0 saturated carbocycles. The summed E-state index contributed by atoms with van der Waals surface area (Å²) in [5.74, 6) is 0.784. The number of carbonyl (C=O) groups excluding carboxylic acids is 1. The quantitative estimate of drug-likeness (QED) is 0.409. The van der Waals surface area contributed by atoms with Crippen molar-refractivity contribution in [2.75, 3.05) is 19.6 Å². The molecular formula is C24H26BrN5O4S. The first-order valence-corrected chi connectivity index (χ1v) is 13.4. The molecular weight excluding hydrogens is 534 g/mol. The second-order valence-electron chi connectivity index (χ2n) is 8.31. The number of carbonyl (C=O) groups is 1. The van der Waals surface area contributed by atoms with Crippen LogP contribution in [0.5, 0.6) is 5.75 Å². The second kappa shape index (κ2) is 11.1. The van der Waals surface area contributed by atoms with E-state index in [1.165, 1.54) is 0 Å². The van der Waals surface area contributed by atoms with Crippen LogP contribution in [0.3, 0.4) is 0 Å². The molecule has 1 aliphatic heterocycles. The van der Waals surface area contributed by atoms with Gasteiger partial charge in [0.05, 0.1) is 12.7 Å². The van der Waals surface area contributed by atoms with Gasteiger partial charge in [0.2, 0.25) is 10.0 Å². The summed E-state index contributed by atoms with van der Waals surface area (Å²) in [4.78, 5) is 14.6. The predicted octanol–water partition coefficient (Wildman–Crippen LogP) is 3.19. The first-order chi connectivity index (χ1) is 16.8. The third-order valence-electron chi connectivity index (χ3n) is 5.70. The van der Waals surface area contributed by atoms with Crippen LogP contribution in [0.2, 0.25) is 0 Å². The van der Waals surface area contributed by atoms with E-state index in [4.69, 9.17) is 4.74 Å². The molecule has 1 atom stereocenters. The molecule has 0 spiro atoms. The third-order valence-corrected chi connectivity index (χ3v) is 7.23. The van der Waals surface area contributed by atoms with Crippen molar-refractivity contribution < 1.29 is 17.9 Å². The minimum atomic E-state index is -3.45. The number of likely N-dealkylation sites (tertiary alicyclic amines) is 1. The van der Waals surface area contributed by atoms with Crippen LogP contribution in [-0.2, 0) is 23.2 Å². The summed E-state index contributed by atoms with van der Waals surface area (Å²) in [6, 6.07) is 15.0. The molecule has 1 N–H and O–H groups in total. The predicted molar refractivity (Wildman–Crippen MR) is 135 cm³/mol. The maximum atomic E-state index is 12.9. The maximum absolute atomic E-state index is 12.9. The van der Waals surface area contributed by atoms with Crippen molar-refractivity contribution >= 4 is 31.9 Å². The molecule has 9 nitrogen and oxygen atoms in total. The Labute approximate surface area is 213 Å². The van der Waals surface area contributed by atoms with Gasteiger partial charge in [-0.15, -0.1) is 5.10 Å². The van der Waals surface area contributed by atoms with E-state index in [1.807, 2.05) is 42.6 Å². The lowest BCUT2D eigenvalue weighted by molar-refractivity contribution is 0.0787. The summed E-state index contributed by atoms with van der Waals surface area (Å²) < 4.78 is 34.0. The molecule has 0 bridgehead atoms. The zero-order valence-corrected chi connectivity index (χ0v) is 21.4. The van der Waals surface area contributed by atoms with Gasteiger partial charge in [-0.2, -0.15) is 0 Å². The number of nitrogens with one attached hydrogen (secondary N) is 1. The van der Waals surface area contributed by atoms with Crippen LogP contribution >= 0.6 is 15.9 Å². The molecule has 35 heavy (non-hydrogen) atoms. The number of hydrogen-bond donors (Lipinski definition) is 1. The van der Waals surface area contributed by atoms with Gasteiger partial charge in [0.1, 0.15) is 18.1 Å². The SMILES string of the molecule is C=CS(=O)(=O)NCC1CCN(C(=O)c2ccc(Cn3cc(COc4ccc(Br)cc4)nn3)cc2)C1. The van der Waals surface area contributed by atoms with Crippen LogP contribution in [0.15, 0.2) is 71.2 Å². The highest BCUT2D eigenvalue weighted by Crippen LogP contribution is 2.20. The van der Waals surface area contributed by atoms with Gasteiger partial charge in [0.15, 0.2) is 0 Å². The molecule has 1 unspecified atom stereocenters. The number of rotatable bonds is 10. The first-order valence-electron chi connectivity index (χ1n) is 11.1. The van der Waals surface area contributed by atoms with E-state index in [2.05, 4.69) is 37.5 Å². The van der Waals surface area contributed by atoms with Gasteiger partial charge in [-0.25, -0.2) is 17.8 Å². The van der Waals surface area contributed by atoms with E-state index in [0.717, 1.165) is 33.3 Å². The van der Waals surface area contributed by atoms with Crippen molar-refractivity contribution in [1.29, 1.82) is 0 Å². The Morgan fingerprint density at radius 3 is 2.66 bits per heavy atom. The standard InChI is InChI=1S/C24H26BrN5O4S/c1-2-35(32,33)26-13-19-11-12-29(14-19)24(31)20-5-3-18(4-6-20)15-30-16-22(27-28-30)17-34-23-9-7-21(25)8-10-23/h2-10,16,19,26H,1,11-15,17H2. The summed E-state index contributed by atoms with van der Waals surface area (Å²) >= 11 is 3.40. The van der Waals surface area contributed by atoms with Crippen LogP contribution in [-0.4, -0.2) is 53.9 Å². The highest BCUT2D eigenvalue weighted by atomic mass is 79.9. The Balaban J connectivity index is 1.27. The molecule has 11 heteroatoms. The zero-order valence-electron chi connectivity index (χ0n) is 19.0. The molecule has 2 aromatic carbocycles. The second-order valence-corrected chi connectivity index (χ2v) is 10.9. The molecule has 1 amide bonds. The van der Waals surface area contributed by atoms with Crippen molar-refractivity contribution in [1.82, 2.24) is 24.6 Å². The Hall–Kier alpha value is -3.02. The fourth-order valence-electron chi connectivity index (χ4n) is 3.77. The molecule has 1 fully saturated rings. The number of ether oxygens (including phenoxy) is 1. The molecule has 184 valence electrons. The smallest absolute Gasteiger partial charge is 0.253 e. The largest absolute Gasteiger partial charge is 0.487 e. The lowest BCUT2D eigenvalue weighted by atomic mass is 10.1. The fraction of sp³-hybridized carbons (Fsp3) is 0.292. The van der Waals surface area contributed by atoms with Crippen molar-refractivity contribution in [3.05, 3.63) is 88.0 Å². The van der Waals surface area contributed by atoms with E-state index in [9.17, 15) is 13.2 Å². The molecule has 0 radical (unpaired) electrons. The van der Waals surface area contributed by atoms with Crippen LogP contribution in [0.4, 0.5) is 0 Å². The van der Waals surface area contributed by atoms with E-state index < -0.39 is 10.0 Å². The molecule has 0 aliphatic carbocycles. The monoisotopic (exact) mass is 559 g/mol. The van der Waals surface area contributed by atoms with Gasteiger partial charge in [-0.05, 0) is 54.3 Å². The van der Waals surface area contributed by atoms with Crippen molar-refractivity contribution in [2.24, 2.45) is 5.92 Å². The lowest BCUT2D eigenvalue weighted by Crippen LogP contribution is -2.32. The van der Waals surface area contributed by atoms with Gasteiger partial charge >= 0.3 is 0 Å². The average molecular weight is 560 g/mol. The van der Waals surface area contributed by atoms with E-state index in [0.29, 0.717) is 38.3 Å². The summed E-state index contributed by atoms with van der Waals surface area (Å²) in [6.07, 6.45) is 2.59. The van der Waals surface area contributed by atoms with Gasteiger partial charge < -0.3 is 9.64 Å². The summed E-state index contributed by atoms with van der Waals surface area (Å²) in [5, 5.41) is 9.21. The minimum absolute atomic E-state index is 0.0567. The van der Waals surface area contributed by atoms with Crippen LogP contribution in [0.1, 0.15) is 28.0 Å². The van der Waals surface area contributed by atoms with E-state index in [-0.39, 0.29) is 11.8 Å². The number of benzene rings is 2. The maximum Gasteiger partial charge on any atom is 0.253 e.